The zero-order valence-electron chi connectivity index (χ0n) is 8.57. The number of pyridine rings is 1. The minimum atomic E-state index is 0.0679. The molecule has 0 unspecified atom stereocenters. The number of nitrogens with one attached hydrogen (secondary N) is 1. The topological polar surface area (TPSA) is 72.5 Å². The molecule has 0 aliphatic carbocycles. The molecular weight excluding hydrogens is 188 g/mol. The molecule has 0 amide bonds. The summed E-state index contributed by atoms with van der Waals surface area (Å²) < 4.78 is 0. The molecule has 1 aromatic rings. The number of hydrogen-bond donors (Lipinski definition) is 1. The molecule has 0 fully saturated rings. The van der Waals surface area contributed by atoms with E-state index in [0.29, 0.717) is 11.5 Å². The second-order valence-corrected chi connectivity index (χ2v) is 3.07. The molecule has 0 aromatic carbocycles. The van der Waals surface area contributed by atoms with Crippen LogP contribution in [0.5, 0.6) is 0 Å². The Labute approximate surface area is 88.5 Å². The lowest BCUT2D eigenvalue weighted by Gasteiger charge is -2.05. The van der Waals surface area contributed by atoms with Crippen molar-refractivity contribution in [3.63, 3.8) is 0 Å². The number of aromatic nitrogens is 1. The Morgan fingerprint density at radius 1 is 1.40 bits per heavy atom. The van der Waals surface area contributed by atoms with Gasteiger partial charge in [-0.25, -0.2) is 4.98 Å². The van der Waals surface area contributed by atoms with Gasteiger partial charge in [0, 0.05) is 11.9 Å². The van der Waals surface area contributed by atoms with Crippen LogP contribution < -0.4 is 5.32 Å². The highest BCUT2D eigenvalue weighted by Gasteiger charge is 2.01. The van der Waals surface area contributed by atoms with Crippen molar-refractivity contribution in [1.29, 1.82) is 10.5 Å². The number of hydrogen-bond acceptors (Lipinski definition) is 4. The fraction of sp³-hybridized carbons (Fsp3) is 0.182. The molecule has 15 heavy (non-hydrogen) atoms. The summed E-state index contributed by atoms with van der Waals surface area (Å²) in [4.78, 5) is 4.07. The molecule has 0 aliphatic rings. The van der Waals surface area contributed by atoms with E-state index < -0.39 is 0 Å². The second-order valence-electron chi connectivity index (χ2n) is 3.07. The Bertz CT molecular complexity index is 458. The van der Waals surface area contributed by atoms with Gasteiger partial charge in [0.2, 0.25) is 0 Å². The highest BCUT2D eigenvalue weighted by Crippen LogP contribution is 2.10. The van der Waals surface area contributed by atoms with Gasteiger partial charge in [-0.15, -0.1) is 0 Å². The van der Waals surface area contributed by atoms with Crippen molar-refractivity contribution < 1.29 is 0 Å². The zero-order valence-corrected chi connectivity index (χ0v) is 8.57. The summed E-state index contributed by atoms with van der Waals surface area (Å²) in [6, 6.07) is 7.35. The van der Waals surface area contributed by atoms with E-state index >= 15 is 0 Å². The van der Waals surface area contributed by atoms with Crippen molar-refractivity contribution in [3.8, 4) is 12.1 Å². The van der Waals surface area contributed by atoms with Crippen molar-refractivity contribution in [2.24, 2.45) is 0 Å². The molecule has 0 radical (unpaired) electrons. The molecule has 1 N–H and O–H groups in total. The number of aryl methyl sites for hydroxylation is 1. The summed E-state index contributed by atoms with van der Waals surface area (Å²) in [5.41, 5.74) is 1.65. The number of rotatable bonds is 2. The largest absolute Gasteiger partial charge is 0.342 e. The lowest BCUT2D eigenvalue weighted by atomic mass is 10.2. The van der Waals surface area contributed by atoms with E-state index in [1.54, 1.807) is 13.1 Å². The van der Waals surface area contributed by atoms with Crippen LogP contribution in [0.2, 0.25) is 0 Å². The standard InChI is InChI=1S/C11H10N4/c1-8-3-4-14-11(5-8)15-9(2)10(6-12)7-13/h3-5H,1-2H3,(H,14,15). The van der Waals surface area contributed by atoms with Crippen LogP contribution in [0.3, 0.4) is 0 Å². The van der Waals surface area contributed by atoms with E-state index in [2.05, 4.69) is 10.3 Å². The first-order chi connectivity index (χ1) is 7.17. The average Bonchev–Trinajstić information content (AvgIpc) is 2.19. The van der Waals surface area contributed by atoms with Crippen molar-refractivity contribution in [2.45, 2.75) is 13.8 Å². The Kier molecular flexibility index (Phi) is 3.43. The fourth-order valence-electron chi connectivity index (χ4n) is 1.05. The summed E-state index contributed by atoms with van der Waals surface area (Å²) in [5.74, 6) is 0.635. The molecular formula is C11H10N4. The van der Waals surface area contributed by atoms with Gasteiger partial charge in [0.25, 0.3) is 0 Å². The van der Waals surface area contributed by atoms with Crippen LogP contribution in [0.15, 0.2) is 29.6 Å². The van der Waals surface area contributed by atoms with Crippen LogP contribution in [-0.2, 0) is 0 Å². The number of anilines is 1. The fourth-order valence-corrected chi connectivity index (χ4v) is 1.05. The van der Waals surface area contributed by atoms with E-state index in [0.717, 1.165) is 5.56 Å². The molecule has 0 saturated carbocycles. The maximum Gasteiger partial charge on any atom is 0.148 e. The number of nitriles is 2. The minimum absolute atomic E-state index is 0.0679. The third-order valence-corrected chi connectivity index (χ3v) is 1.83. The summed E-state index contributed by atoms with van der Waals surface area (Å²) in [6.45, 7) is 3.62. The molecule has 1 rings (SSSR count). The van der Waals surface area contributed by atoms with Crippen LogP contribution >= 0.6 is 0 Å². The smallest absolute Gasteiger partial charge is 0.148 e. The minimum Gasteiger partial charge on any atom is -0.342 e. The zero-order chi connectivity index (χ0) is 11.3. The van der Waals surface area contributed by atoms with Crippen LogP contribution in [-0.4, -0.2) is 4.98 Å². The van der Waals surface area contributed by atoms with Crippen molar-refractivity contribution in [2.75, 3.05) is 5.32 Å². The summed E-state index contributed by atoms with van der Waals surface area (Å²) in [6.07, 6.45) is 1.67. The molecule has 4 nitrogen and oxygen atoms in total. The molecule has 0 saturated heterocycles. The predicted octanol–water partition coefficient (Wildman–Crippen LogP) is 2.12. The molecule has 1 aromatic heterocycles. The van der Waals surface area contributed by atoms with Gasteiger partial charge in [0.05, 0.1) is 0 Å². The first-order valence-corrected chi connectivity index (χ1v) is 4.38. The van der Waals surface area contributed by atoms with Crippen LogP contribution in [0, 0.1) is 29.6 Å². The maximum absolute atomic E-state index is 8.64. The third kappa shape index (κ3) is 2.82. The van der Waals surface area contributed by atoms with E-state index in [9.17, 15) is 0 Å². The molecule has 1 heterocycles. The molecule has 4 heteroatoms. The normalized spacial score (nSPS) is 8.53. The molecule has 0 spiro atoms. The van der Waals surface area contributed by atoms with Gasteiger partial charge >= 0.3 is 0 Å². The van der Waals surface area contributed by atoms with Gasteiger partial charge in [-0.3, -0.25) is 0 Å². The van der Waals surface area contributed by atoms with Crippen molar-refractivity contribution >= 4 is 5.82 Å². The first kappa shape index (κ1) is 10.7. The van der Waals surface area contributed by atoms with Gasteiger partial charge in [-0.2, -0.15) is 10.5 Å². The quantitative estimate of drug-likeness (QED) is 0.739. The highest BCUT2D eigenvalue weighted by atomic mass is 15.0. The third-order valence-electron chi connectivity index (χ3n) is 1.83. The molecule has 0 atom stereocenters. The van der Waals surface area contributed by atoms with Gasteiger partial charge in [0.1, 0.15) is 23.5 Å². The first-order valence-electron chi connectivity index (χ1n) is 4.38. The van der Waals surface area contributed by atoms with Gasteiger partial charge < -0.3 is 5.32 Å². The van der Waals surface area contributed by atoms with Crippen molar-refractivity contribution in [1.82, 2.24) is 4.98 Å². The molecule has 0 bridgehead atoms. The summed E-state index contributed by atoms with van der Waals surface area (Å²) >= 11 is 0. The Morgan fingerprint density at radius 3 is 2.60 bits per heavy atom. The van der Waals surface area contributed by atoms with Crippen molar-refractivity contribution in [3.05, 3.63) is 35.2 Å². The second kappa shape index (κ2) is 4.78. The summed E-state index contributed by atoms with van der Waals surface area (Å²) in [7, 11) is 0. The SMILES string of the molecule is CC(Nc1cc(C)ccn1)=C(C#N)C#N. The number of nitrogens with zero attached hydrogens (tertiary/aromatic N) is 3. The van der Waals surface area contributed by atoms with E-state index in [-0.39, 0.29) is 5.57 Å². The lowest BCUT2D eigenvalue weighted by molar-refractivity contribution is 1.22. The summed E-state index contributed by atoms with van der Waals surface area (Å²) in [5, 5.41) is 20.2. The Morgan fingerprint density at radius 2 is 2.07 bits per heavy atom. The highest BCUT2D eigenvalue weighted by molar-refractivity contribution is 5.49. The molecule has 0 aliphatic heterocycles. The van der Waals surface area contributed by atoms with E-state index in [1.807, 2.05) is 31.2 Å². The Balaban J connectivity index is 2.94. The molecule has 74 valence electrons. The van der Waals surface area contributed by atoms with E-state index in [1.165, 1.54) is 0 Å². The van der Waals surface area contributed by atoms with Gasteiger partial charge in [-0.1, -0.05) is 0 Å². The Hall–Kier alpha value is -2.33. The van der Waals surface area contributed by atoms with Gasteiger partial charge in [0.15, 0.2) is 0 Å². The predicted molar refractivity (Wildman–Crippen MR) is 56.5 cm³/mol. The monoisotopic (exact) mass is 198 g/mol. The lowest BCUT2D eigenvalue weighted by Crippen LogP contribution is -2.00. The average molecular weight is 198 g/mol. The number of allylic oxidation sites excluding steroid dienone is 2. The van der Waals surface area contributed by atoms with Crippen LogP contribution in [0.1, 0.15) is 12.5 Å². The maximum atomic E-state index is 8.64. The van der Waals surface area contributed by atoms with Crippen LogP contribution in [0.4, 0.5) is 5.82 Å². The van der Waals surface area contributed by atoms with E-state index in [4.69, 9.17) is 10.5 Å². The van der Waals surface area contributed by atoms with Gasteiger partial charge in [-0.05, 0) is 31.5 Å². The van der Waals surface area contributed by atoms with Crippen LogP contribution in [0.25, 0.3) is 0 Å².